The zero-order valence-electron chi connectivity index (χ0n) is 16.1. The first-order valence-electron chi connectivity index (χ1n) is 9.06. The molecule has 1 aliphatic rings. The molecule has 7 nitrogen and oxygen atoms in total. The van der Waals surface area contributed by atoms with Gasteiger partial charge in [-0.05, 0) is 32.4 Å². The smallest absolute Gasteiger partial charge is 0.397 e. The maximum atomic E-state index is 13.5. The van der Waals surface area contributed by atoms with E-state index >= 15 is 0 Å². The van der Waals surface area contributed by atoms with E-state index in [-0.39, 0.29) is 17.1 Å². The van der Waals surface area contributed by atoms with Crippen LogP contribution in [0.3, 0.4) is 0 Å². The first-order chi connectivity index (χ1) is 13.0. The lowest BCUT2D eigenvalue weighted by Gasteiger charge is -2.32. The quantitative estimate of drug-likeness (QED) is 0.451. The highest BCUT2D eigenvalue weighted by Gasteiger charge is 2.37. The maximum absolute atomic E-state index is 13.5. The number of halogens is 3. The van der Waals surface area contributed by atoms with Crippen molar-refractivity contribution in [1.29, 1.82) is 0 Å². The minimum absolute atomic E-state index is 0.0460. The molecule has 1 saturated heterocycles. The Morgan fingerprint density at radius 1 is 1.36 bits per heavy atom. The summed E-state index contributed by atoms with van der Waals surface area (Å²) in [5, 5.41) is 2.75. The van der Waals surface area contributed by atoms with Crippen molar-refractivity contribution in [3.8, 4) is 0 Å². The monoisotopic (exact) mass is 425 g/mol. The van der Waals surface area contributed by atoms with Crippen LogP contribution in [0.4, 0.5) is 30.2 Å². The number of alkyl halides is 3. The molecule has 0 amide bonds. The lowest BCUT2D eigenvalue weighted by molar-refractivity contribution is -0.137. The van der Waals surface area contributed by atoms with Crippen LogP contribution in [0.15, 0.2) is 12.1 Å². The van der Waals surface area contributed by atoms with Crippen molar-refractivity contribution in [3.05, 3.63) is 17.7 Å². The first kappa shape index (κ1) is 22.8. The van der Waals surface area contributed by atoms with Crippen LogP contribution in [0.25, 0.3) is 0 Å². The first-order valence-corrected chi connectivity index (χ1v) is 10.7. The zero-order chi connectivity index (χ0) is 21.1. The molecule has 0 saturated carbocycles. The molecular weight excluding hydrogens is 398 g/mol. The number of nitrogens with two attached hydrogens (primary N) is 1. The van der Waals surface area contributed by atoms with Gasteiger partial charge in [0.15, 0.2) is 0 Å². The lowest BCUT2D eigenvalue weighted by Crippen LogP contribution is -2.37. The Kier molecular flexibility index (Phi) is 7.25. The van der Waals surface area contributed by atoms with Gasteiger partial charge in [-0.2, -0.15) is 13.2 Å². The standard InChI is InChI=1S/C17H27F3N3O4P/c1-4-11(2)27-28(24,25)12(3)22-15-10-16(23-5-7-26-8-6-23)13(9-14(15)21)17(18,19)20/h9-12,22H,4-8,21H2,1-3H3,(H,24,25). The number of morpholine rings is 1. The maximum Gasteiger partial charge on any atom is 0.418 e. The number of nitrogens with zero attached hydrogens (tertiary/aromatic N) is 1. The third-order valence-electron chi connectivity index (χ3n) is 4.58. The van der Waals surface area contributed by atoms with Gasteiger partial charge in [0.05, 0.1) is 41.9 Å². The van der Waals surface area contributed by atoms with E-state index < -0.39 is 31.2 Å². The molecule has 0 spiro atoms. The third-order valence-corrected chi connectivity index (χ3v) is 6.35. The van der Waals surface area contributed by atoms with Crippen LogP contribution < -0.4 is 16.0 Å². The molecule has 1 fully saturated rings. The number of nitrogens with one attached hydrogen (secondary N) is 1. The van der Waals surface area contributed by atoms with Gasteiger partial charge in [-0.25, -0.2) is 0 Å². The van der Waals surface area contributed by atoms with Gasteiger partial charge in [-0.3, -0.25) is 4.57 Å². The second kappa shape index (κ2) is 8.90. The van der Waals surface area contributed by atoms with E-state index in [2.05, 4.69) is 5.32 Å². The molecule has 1 aromatic carbocycles. The lowest BCUT2D eigenvalue weighted by atomic mass is 10.1. The Bertz CT molecular complexity index is 726. The Balaban J connectivity index is 2.35. The van der Waals surface area contributed by atoms with Crippen LogP contribution in [0.2, 0.25) is 0 Å². The zero-order valence-corrected chi connectivity index (χ0v) is 17.0. The van der Waals surface area contributed by atoms with Gasteiger partial charge in [-0.1, -0.05) is 6.92 Å². The van der Waals surface area contributed by atoms with Crippen molar-refractivity contribution >= 4 is 24.7 Å². The van der Waals surface area contributed by atoms with Crippen molar-refractivity contribution in [2.75, 3.05) is 42.3 Å². The molecule has 28 heavy (non-hydrogen) atoms. The SMILES string of the molecule is CCC(C)OP(=O)(O)C(C)Nc1cc(N2CCOCC2)c(C(F)(F)F)cc1N. The second-order valence-electron chi connectivity index (χ2n) is 6.76. The second-order valence-corrected chi connectivity index (χ2v) is 8.88. The topological polar surface area (TPSA) is 97.0 Å². The molecule has 0 aliphatic carbocycles. The number of anilines is 3. The van der Waals surface area contributed by atoms with Crippen LogP contribution in [-0.4, -0.2) is 43.1 Å². The predicted molar refractivity (Wildman–Crippen MR) is 103 cm³/mol. The molecule has 4 N–H and O–H groups in total. The van der Waals surface area contributed by atoms with E-state index in [4.69, 9.17) is 15.0 Å². The van der Waals surface area contributed by atoms with E-state index in [1.807, 2.05) is 6.92 Å². The number of benzene rings is 1. The Hall–Kier alpha value is -1.48. The summed E-state index contributed by atoms with van der Waals surface area (Å²) in [6, 6.07) is 2.11. The Morgan fingerprint density at radius 2 is 1.96 bits per heavy atom. The van der Waals surface area contributed by atoms with Gasteiger partial charge in [0, 0.05) is 13.1 Å². The summed E-state index contributed by atoms with van der Waals surface area (Å²) in [5.74, 6) is -1.06. The van der Waals surface area contributed by atoms with Crippen molar-refractivity contribution < 1.29 is 31.9 Å². The molecule has 11 heteroatoms. The Morgan fingerprint density at radius 3 is 2.50 bits per heavy atom. The normalized spacial score (nSPS) is 19.8. The molecule has 1 heterocycles. The van der Waals surface area contributed by atoms with Crippen molar-refractivity contribution in [1.82, 2.24) is 0 Å². The van der Waals surface area contributed by atoms with Crippen LogP contribution in [0.5, 0.6) is 0 Å². The summed E-state index contributed by atoms with van der Waals surface area (Å²) in [6.45, 7) is 6.14. The molecule has 2 rings (SSSR count). The van der Waals surface area contributed by atoms with Gasteiger partial charge in [0.1, 0.15) is 5.78 Å². The fourth-order valence-electron chi connectivity index (χ4n) is 2.75. The highest BCUT2D eigenvalue weighted by Crippen LogP contribution is 2.50. The summed E-state index contributed by atoms with van der Waals surface area (Å²) >= 11 is 0. The third kappa shape index (κ3) is 5.53. The largest absolute Gasteiger partial charge is 0.418 e. The van der Waals surface area contributed by atoms with E-state index in [9.17, 15) is 22.6 Å². The van der Waals surface area contributed by atoms with E-state index in [0.29, 0.717) is 32.7 Å². The summed E-state index contributed by atoms with van der Waals surface area (Å²) in [7, 11) is -4.06. The Labute approximate surface area is 162 Å². The summed E-state index contributed by atoms with van der Waals surface area (Å²) in [5.41, 5.74) is 4.89. The number of rotatable bonds is 7. The molecule has 0 aromatic heterocycles. The summed E-state index contributed by atoms with van der Waals surface area (Å²) in [4.78, 5) is 11.7. The molecule has 1 aliphatic heterocycles. The minimum atomic E-state index is -4.59. The fraction of sp³-hybridized carbons (Fsp3) is 0.647. The van der Waals surface area contributed by atoms with Crippen LogP contribution in [-0.2, 0) is 20.0 Å². The van der Waals surface area contributed by atoms with E-state index in [1.54, 1.807) is 11.8 Å². The minimum Gasteiger partial charge on any atom is -0.397 e. The van der Waals surface area contributed by atoms with Crippen molar-refractivity contribution in [2.45, 2.75) is 45.3 Å². The van der Waals surface area contributed by atoms with Gasteiger partial charge < -0.3 is 30.1 Å². The average Bonchev–Trinajstić information content (AvgIpc) is 2.62. The van der Waals surface area contributed by atoms with Crippen LogP contribution in [0, 0.1) is 0 Å². The highest BCUT2D eigenvalue weighted by molar-refractivity contribution is 7.53. The molecule has 160 valence electrons. The number of hydrogen-bond acceptors (Lipinski definition) is 6. The number of hydrogen-bond donors (Lipinski definition) is 3. The van der Waals surface area contributed by atoms with Crippen LogP contribution in [0.1, 0.15) is 32.8 Å². The molecule has 0 bridgehead atoms. The molecule has 3 atom stereocenters. The summed E-state index contributed by atoms with van der Waals surface area (Å²) < 4.78 is 63.4. The number of ether oxygens (including phenoxy) is 1. The van der Waals surface area contributed by atoms with Gasteiger partial charge >= 0.3 is 13.8 Å². The molecular formula is C17H27F3N3O4P. The molecule has 3 unspecified atom stereocenters. The number of nitrogen functional groups attached to an aromatic ring is 1. The fourth-order valence-corrected chi connectivity index (χ4v) is 3.90. The van der Waals surface area contributed by atoms with Crippen molar-refractivity contribution in [3.63, 3.8) is 0 Å². The van der Waals surface area contributed by atoms with Gasteiger partial charge in [-0.15, -0.1) is 0 Å². The van der Waals surface area contributed by atoms with Crippen LogP contribution >= 0.6 is 7.60 Å². The van der Waals surface area contributed by atoms with E-state index in [1.165, 1.54) is 13.0 Å². The van der Waals surface area contributed by atoms with E-state index in [0.717, 1.165) is 6.07 Å². The summed E-state index contributed by atoms with van der Waals surface area (Å²) in [6.07, 6.45) is -4.48. The predicted octanol–water partition coefficient (Wildman–Crippen LogP) is 3.88. The van der Waals surface area contributed by atoms with Gasteiger partial charge in [0.25, 0.3) is 0 Å². The molecule has 1 aromatic rings. The van der Waals surface area contributed by atoms with Crippen molar-refractivity contribution in [2.24, 2.45) is 0 Å². The molecule has 0 radical (unpaired) electrons. The highest BCUT2D eigenvalue weighted by atomic mass is 31.2. The van der Waals surface area contributed by atoms with Gasteiger partial charge in [0.2, 0.25) is 0 Å². The average molecular weight is 425 g/mol.